The summed E-state index contributed by atoms with van der Waals surface area (Å²) in [6.07, 6.45) is 0. The molecule has 1 heterocycles. The lowest BCUT2D eigenvalue weighted by atomic mass is 10.2. The lowest BCUT2D eigenvalue weighted by Crippen LogP contribution is -2.50. The van der Waals surface area contributed by atoms with E-state index in [1.165, 1.54) is 10.5 Å². The van der Waals surface area contributed by atoms with Crippen molar-refractivity contribution in [1.82, 2.24) is 20.0 Å². The third kappa shape index (κ3) is 5.78. The van der Waals surface area contributed by atoms with Gasteiger partial charge in [0.15, 0.2) is 0 Å². The second-order valence-electron chi connectivity index (χ2n) is 6.10. The summed E-state index contributed by atoms with van der Waals surface area (Å²) in [6, 6.07) is 7.92. The van der Waals surface area contributed by atoms with Gasteiger partial charge in [-0.05, 0) is 17.7 Å². The number of hydrogen-bond donors (Lipinski definition) is 1. The van der Waals surface area contributed by atoms with Gasteiger partial charge in [-0.3, -0.25) is 19.4 Å². The number of piperazine rings is 1. The first-order valence-electron chi connectivity index (χ1n) is 8.11. The second-order valence-corrected chi connectivity index (χ2v) is 6.54. The molecule has 132 valence electrons. The average molecular weight is 353 g/mol. The van der Waals surface area contributed by atoms with Crippen LogP contribution in [-0.2, 0) is 16.1 Å². The molecule has 1 aliphatic rings. The predicted octanol–water partition coefficient (Wildman–Crippen LogP) is 0.662. The number of carbonyl (C=O) groups excluding carboxylic acids is 2. The standard InChI is InChI=1S/C17H25ClN4O2/c1-19-16(23)12-20(2)17(24)13-22-9-7-21(8-10-22)11-14-3-5-15(18)6-4-14/h3-6H,7-13H2,1-2H3,(H,19,23). The number of nitrogens with one attached hydrogen (secondary N) is 1. The van der Waals surface area contributed by atoms with Gasteiger partial charge in [0.1, 0.15) is 0 Å². The fourth-order valence-electron chi connectivity index (χ4n) is 2.65. The highest BCUT2D eigenvalue weighted by atomic mass is 35.5. The lowest BCUT2D eigenvalue weighted by molar-refractivity contribution is -0.135. The van der Waals surface area contributed by atoms with Crippen LogP contribution >= 0.6 is 11.6 Å². The van der Waals surface area contributed by atoms with E-state index >= 15 is 0 Å². The summed E-state index contributed by atoms with van der Waals surface area (Å²) in [6.45, 7) is 4.92. The van der Waals surface area contributed by atoms with Gasteiger partial charge in [0.25, 0.3) is 0 Å². The monoisotopic (exact) mass is 352 g/mol. The molecule has 1 saturated heterocycles. The molecule has 1 fully saturated rings. The minimum absolute atomic E-state index is 0.0234. The number of benzene rings is 1. The Hall–Kier alpha value is -1.63. The number of carbonyl (C=O) groups is 2. The Bertz CT molecular complexity index is 556. The number of halogens is 1. The van der Waals surface area contributed by atoms with Crippen LogP contribution in [0.5, 0.6) is 0 Å². The normalized spacial score (nSPS) is 16.0. The number of amides is 2. The fourth-order valence-corrected chi connectivity index (χ4v) is 2.77. The van der Waals surface area contributed by atoms with E-state index < -0.39 is 0 Å². The van der Waals surface area contributed by atoms with Gasteiger partial charge in [-0.15, -0.1) is 0 Å². The largest absolute Gasteiger partial charge is 0.358 e. The van der Waals surface area contributed by atoms with Gasteiger partial charge < -0.3 is 10.2 Å². The number of nitrogens with zero attached hydrogens (tertiary/aromatic N) is 3. The van der Waals surface area contributed by atoms with Gasteiger partial charge >= 0.3 is 0 Å². The maximum absolute atomic E-state index is 12.1. The minimum Gasteiger partial charge on any atom is -0.358 e. The van der Waals surface area contributed by atoms with Crippen molar-refractivity contribution in [1.29, 1.82) is 0 Å². The first kappa shape index (κ1) is 18.7. The molecule has 1 aromatic carbocycles. The third-order valence-electron chi connectivity index (χ3n) is 4.23. The van der Waals surface area contributed by atoms with Crippen LogP contribution in [0.1, 0.15) is 5.56 Å². The molecule has 0 radical (unpaired) electrons. The van der Waals surface area contributed by atoms with Gasteiger partial charge in [-0.1, -0.05) is 23.7 Å². The zero-order valence-corrected chi connectivity index (χ0v) is 15.1. The molecule has 0 bridgehead atoms. The third-order valence-corrected chi connectivity index (χ3v) is 4.48. The van der Waals surface area contributed by atoms with Crippen molar-refractivity contribution in [2.75, 3.05) is 53.4 Å². The summed E-state index contributed by atoms with van der Waals surface area (Å²) >= 11 is 5.91. The summed E-state index contributed by atoms with van der Waals surface area (Å²) in [7, 11) is 3.23. The summed E-state index contributed by atoms with van der Waals surface area (Å²) in [5.41, 5.74) is 1.24. The van der Waals surface area contributed by atoms with Crippen LogP contribution in [0.25, 0.3) is 0 Å². The van der Waals surface area contributed by atoms with Crippen molar-refractivity contribution < 1.29 is 9.59 Å². The summed E-state index contributed by atoms with van der Waals surface area (Å²) < 4.78 is 0. The van der Waals surface area contributed by atoms with E-state index in [9.17, 15) is 9.59 Å². The fraction of sp³-hybridized carbons (Fsp3) is 0.529. The summed E-state index contributed by atoms with van der Waals surface area (Å²) in [5.74, 6) is -0.177. The van der Waals surface area contributed by atoms with E-state index in [1.807, 2.05) is 24.3 Å². The Morgan fingerprint density at radius 3 is 2.29 bits per heavy atom. The molecule has 2 amide bonds. The molecule has 1 N–H and O–H groups in total. The highest BCUT2D eigenvalue weighted by molar-refractivity contribution is 6.30. The summed E-state index contributed by atoms with van der Waals surface area (Å²) in [5, 5.41) is 3.28. The Morgan fingerprint density at radius 2 is 1.71 bits per heavy atom. The smallest absolute Gasteiger partial charge is 0.239 e. The molecule has 1 aromatic rings. The first-order valence-corrected chi connectivity index (χ1v) is 8.49. The number of rotatable bonds is 6. The van der Waals surface area contributed by atoms with E-state index in [-0.39, 0.29) is 18.4 Å². The maximum atomic E-state index is 12.1. The Balaban J connectivity index is 1.73. The highest BCUT2D eigenvalue weighted by Gasteiger charge is 2.21. The highest BCUT2D eigenvalue weighted by Crippen LogP contribution is 2.13. The van der Waals surface area contributed by atoms with E-state index in [4.69, 9.17) is 11.6 Å². The van der Waals surface area contributed by atoms with Gasteiger partial charge in [0, 0.05) is 51.8 Å². The van der Waals surface area contributed by atoms with Crippen molar-refractivity contribution in [3.8, 4) is 0 Å². The van der Waals surface area contributed by atoms with Crippen LogP contribution < -0.4 is 5.32 Å². The maximum Gasteiger partial charge on any atom is 0.239 e. The van der Waals surface area contributed by atoms with Crippen LogP contribution in [-0.4, -0.2) is 79.9 Å². The molecule has 0 aromatic heterocycles. The molecule has 0 spiro atoms. The Kier molecular flexibility index (Phi) is 7.02. The van der Waals surface area contributed by atoms with Crippen molar-refractivity contribution in [2.24, 2.45) is 0 Å². The molecule has 7 heteroatoms. The lowest BCUT2D eigenvalue weighted by Gasteiger charge is -2.35. The van der Waals surface area contributed by atoms with Crippen molar-refractivity contribution in [3.05, 3.63) is 34.9 Å². The van der Waals surface area contributed by atoms with Gasteiger partial charge in [-0.25, -0.2) is 0 Å². The zero-order valence-electron chi connectivity index (χ0n) is 14.3. The second kappa shape index (κ2) is 9.01. The van der Waals surface area contributed by atoms with E-state index in [0.717, 1.165) is 37.7 Å². The minimum atomic E-state index is -0.154. The average Bonchev–Trinajstić information content (AvgIpc) is 2.58. The van der Waals surface area contributed by atoms with Crippen LogP contribution in [0, 0.1) is 0 Å². The molecular weight excluding hydrogens is 328 g/mol. The molecule has 1 aliphatic heterocycles. The Labute approximate surface area is 148 Å². The molecule has 6 nitrogen and oxygen atoms in total. The van der Waals surface area contributed by atoms with Crippen LogP contribution in [0.15, 0.2) is 24.3 Å². The van der Waals surface area contributed by atoms with Gasteiger partial charge in [0.05, 0.1) is 13.1 Å². The van der Waals surface area contributed by atoms with Crippen molar-refractivity contribution in [2.45, 2.75) is 6.54 Å². The van der Waals surface area contributed by atoms with Gasteiger partial charge in [-0.2, -0.15) is 0 Å². The zero-order chi connectivity index (χ0) is 17.5. The molecule has 0 atom stereocenters. The summed E-state index contributed by atoms with van der Waals surface area (Å²) in [4.78, 5) is 29.5. The van der Waals surface area contributed by atoms with Crippen LogP contribution in [0.3, 0.4) is 0 Å². The van der Waals surface area contributed by atoms with Crippen molar-refractivity contribution >= 4 is 23.4 Å². The van der Waals surface area contributed by atoms with E-state index in [2.05, 4.69) is 15.1 Å². The molecule has 0 aliphatic carbocycles. The number of likely N-dealkylation sites (N-methyl/N-ethyl adjacent to an activating group) is 2. The van der Waals surface area contributed by atoms with Crippen LogP contribution in [0.2, 0.25) is 5.02 Å². The molecule has 24 heavy (non-hydrogen) atoms. The molecular formula is C17H25ClN4O2. The predicted molar refractivity (Wildman–Crippen MR) is 94.9 cm³/mol. The molecule has 2 rings (SSSR count). The van der Waals surface area contributed by atoms with E-state index in [0.29, 0.717) is 6.54 Å². The van der Waals surface area contributed by atoms with E-state index in [1.54, 1.807) is 14.1 Å². The van der Waals surface area contributed by atoms with Crippen molar-refractivity contribution in [3.63, 3.8) is 0 Å². The number of hydrogen-bond acceptors (Lipinski definition) is 4. The quantitative estimate of drug-likeness (QED) is 0.817. The van der Waals surface area contributed by atoms with Crippen LogP contribution in [0.4, 0.5) is 0 Å². The SMILES string of the molecule is CNC(=O)CN(C)C(=O)CN1CCN(Cc2ccc(Cl)cc2)CC1. The first-order chi connectivity index (χ1) is 11.5. The van der Waals surface area contributed by atoms with Gasteiger partial charge in [0.2, 0.25) is 11.8 Å². The molecule has 0 saturated carbocycles. The topological polar surface area (TPSA) is 55.9 Å². The Morgan fingerprint density at radius 1 is 1.12 bits per heavy atom. The molecule has 0 unspecified atom stereocenters.